The molecule has 0 bridgehead atoms. The minimum Gasteiger partial charge on any atom is -0.379 e. The number of carbonyl (C=O) groups is 1. The average molecular weight is 407 g/mol. The molecule has 0 unspecified atom stereocenters. The third kappa shape index (κ3) is 4.78. The van der Waals surface area contributed by atoms with Gasteiger partial charge in [-0.2, -0.15) is 0 Å². The van der Waals surface area contributed by atoms with Crippen LogP contribution in [0.15, 0.2) is 18.2 Å². The monoisotopic (exact) mass is 404 g/mol. The number of ether oxygens (including phenoxy) is 1. The van der Waals surface area contributed by atoms with Crippen molar-refractivity contribution in [3.8, 4) is 0 Å². The highest BCUT2D eigenvalue weighted by molar-refractivity contribution is 6.68. The van der Waals surface area contributed by atoms with Gasteiger partial charge in [-0.25, -0.2) is 0 Å². The normalized spacial score (nSPS) is 18.0. The lowest BCUT2D eigenvalue weighted by Crippen LogP contribution is -2.58. The van der Waals surface area contributed by atoms with Crippen LogP contribution in [0.4, 0.5) is 0 Å². The van der Waals surface area contributed by atoms with Crippen LogP contribution in [0, 0.1) is 0 Å². The second-order valence-corrected chi connectivity index (χ2v) is 7.90. The van der Waals surface area contributed by atoms with Crippen molar-refractivity contribution in [2.75, 3.05) is 26.3 Å². The van der Waals surface area contributed by atoms with E-state index in [2.05, 4.69) is 5.32 Å². The van der Waals surface area contributed by atoms with Gasteiger partial charge in [0.2, 0.25) is 3.79 Å². The van der Waals surface area contributed by atoms with Crippen LogP contribution in [0.25, 0.3) is 0 Å². The largest absolute Gasteiger partial charge is 0.379 e. The van der Waals surface area contributed by atoms with Crippen LogP contribution in [0.3, 0.4) is 0 Å². The standard InChI is InChI=1S/C13H13Cl5N2O2/c14-8-1-2-9(10(15)7-8)11(21)19-12(13(16,17)18)20-3-5-22-6-4-20/h1-2,7,12H,3-6H2,(H,19,21)/t12-/m0/s1. The lowest BCUT2D eigenvalue weighted by molar-refractivity contribution is 0.00996. The number of halogens is 5. The number of nitrogens with one attached hydrogen (secondary N) is 1. The van der Waals surface area contributed by atoms with E-state index in [0.717, 1.165) is 0 Å². The van der Waals surface area contributed by atoms with E-state index >= 15 is 0 Å². The van der Waals surface area contributed by atoms with Crippen molar-refractivity contribution >= 4 is 63.9 Å². The zero-order valence-electron chi connectivity index (χ0n) is 11.3. The minimum atomic E-state index is -1.69. The predicted molar refractivity (Wildman–Crippen MR) is 90.4 cm³/mol. The summed E-state index contributed by atoms with van der Waals surface area (Å²) in [4.78, 5) is 14.2. The van der Waals surface area contributed by atoms with Gasteiger partial charge in [0.05, 0.1) is 23.8 Å². The summed E-state index contributed by atoms with van der Waals surface area (Å²) < 4.78 is 3.58. The van der Waals surface area contributed by atoms with Gasteiger partial charge in [-0.05, 0) is 18.2 Å². The molecule has 1 aliphatic rings. The highest BCUT2D eigenvalue weighted by Gasteiger charge is 2.39. The fourth-order valence-corrected chi connectivity index (χ4v) is 3.16. The summed E-state index contributed by atoms with van der Waals surface area (Å²) in [6.07, 6.45) is -0.791. The highest BCUT2D eigenvalue weighted by atomic mass is 35.6. The van der Waals surface area contributed by atoms with E-state index in [1.54, 1.807) is 6.07 Å². The van der Waals surface area contributed by atoms with Gasteiger partial charge in [-0.1, -0.05) is 58.0 Å². The van der Waals surface area contributed by atoms with Crippen molar-refractivity contribution in [2.45, 2.75) is 9.96 Å². The number of morpholine rings is 1. The zero-order valence-corrected chi connectivity index (χ0v) is 15.1. The number of rotatable bonds is 3. The molecule has 1 amide bonds. The number of amides is 1. The predicted octanol–water partition coefficient (Wildman–Crippen LogP) is 3.75. The molecule has 4 nitrogen and oxygen atoms in total. The van der Waals surface area contributed by atoms with Gasteiger partial charge in [0.1, 0.15) is 6.17 Å². The minimum absolute atomic E-state index is 0.232. The van der Waals surface area contributed by atoms with Crippen LogP contribution >= 0.6 is 58.0 Å². The highest BCUT2D eigenvalue weighted by Crippen LogP contribution is 2.33. The quantitative estimate of drug-likeness (QED) is 0.778. The van der Waals surface area contributed by atoms with Gasteiger partial charge >= 0.3 is 0 Å². The summed E-state index contributed by atoms with van der Waals surface area (Å²) in [6.45, 7) is 2.12. The lowest BCUT2D eigenvalue weighted by Gasteiger charge is -2.38. The summed E-state index contributed by atoms with van der Waals surface area (Å²) >= 11 is 29.9. The number of hydrogen-bond donors (Lipinski definition) is 1. The molecular formula is C13H13Cl5N2O2. The molecule has 1 fully saturated rings. The molecule has 1 heterocycles. The molecule has 22 heavy (non-hydrogen) atoms. The Labute approximate surface area is 153 Å². The van der Waals surface area contributed by atoms with Crippen molar-refractivity contribution in [3.63, 3.8) is 0 Å². The molecule has 0 radical (unpaired) electrons. The van der Waals surface area contributed by atoms with Gasteiger partial charge in [0.25, 0.3) is 5.91 Å². The number of nitrogens with zero attached hydrogens (tertiary/aromatic N) is 1. The first-order chi connectivity index (χ1) is 10.3. The molecule has 0 spiro atoms. The first-order valence-corrected chi connectivity index (χ1v) is 8.32. The summed E-state index contributed by atoms with van der Waals surface area (Å²) in [6, 6.07) is 4.58. The van der Waals surface area contributed by atoms with Crippen LogP contribution in [-0.4, -0.2) is 47.1 Å². The molecule has 122 valence electrons. The number of alkyl halides is 3. The maximum absolute atomic E-state index is 12.4. The maximum atomic E-state index is 12.4. The first-order valence-electron chi connectivity index (χ1n) is 6.43. The Hall–Kier alpha value is 0.0600. The molecule has 0 aromatic heterocycles. The fourth-order valence-electron chi connectivity index (χ4n) is 2.09. The summed E-state index contributed by atoms with van der Waals surface area (Å²) in [7, 11) is 0. The Morgan fingerprint density at radius 3 is 2.41 bits per heavy atom. The van der Waals surface area contributed by atoms with Crippen LogP contribution in [0.1, 0.15) is 10.4 Å². The van der Waals surface area contributed by atoms with E-state index in [1.165, 1.54) is 12.1 Å². The number of hydrogen-bond acceptors (Lipinski definition) is 3. The first kappa shape index (κ1) is 18.4. The van der Waals surface area contributed by atoms with E-state index in [1.807, 2.05) is 4.90 Å². The molecule has 1 N–H and O–H groups in total. The smallest absolute Gasteiger partial charge is 0.254 e. The average Bonchev–Trinajstić information content (AvgIpc) is 2.44. The molecule has 1 aromatic carbocycles. The topological polar surface area (TPSA) is 41.6 Å². The number of benzene rings is 1. The van der Waals surface area contributed by atoms with Gasteiger partial charge in [0, 0.05) is 18.1 Å². The van der Waals surface area contributed by atoms with Crippen LogP contribution in [0.5, 0.6) is 0 Å². The SMILES string of the molecule is O=C(N[C@@H](N1CCOCC1)C(Cl)(Cl)Cl)c1ccc(Cl)cc1Cl. The zero-order chi connectivity index (χ0) is 16.3. The molecule has 9 heteroatoms. The third-order valence-electron chi connectivity index (χ3n) is 3.16. The fraction of sp³-hybridized carbons (Fsp3) is 0.462. The summed E-state index contributed by atoms with van der Waals surface area (Å²) in [5.74, 6) is -0.440. The van der Waals surface area contributed by atoms with Crippen LogP contribution < -0.4 is 5.32 Å². The Bertz CT molecular complexity index is 544. The van der Waals surface area contributed by atoms with Gasteiger partial charge in [-0.3, -0.25) is 9.69 Å². The van der Waals surface area contributed by atoms with Gasteiger partial charge in [-0.15, -0.1) is 0 Å². The van der Waals surface area contributed by atoms with Crippen molar-refractivity contribution in [1.82, 2.24) is 10.2 Å². The second-order valence-electron chi connectivity index (χ2n) is 4.69. The van der Waals surface area contributed by atoms with Crippen LogP contribution in [-0.2, 0) is 4.74 Å². The summed E-state index contributed by atoms with van der Waals surface area (Å²) in [5, 5.41) is 3.38. The molecule has 1 atom stereocenters. The van der Waals surface area contributed by atoms with E-state index in [4.69, 9.17) is 62.7 Å². The Morgan fingerprint density at radius 1 is 1.23 bits per heavy atom. The molecule has 1 saturated heterocycles. The number of carbonyl (C=O) groups excluding carboxylic acids is 1. The van der Waals surface area contributed by atoms with Crippen LogP contribution in [0.2, 0.25) is 10.0 Å². The Kier molecular flexibility index (Phi) is 6.48. The molecule has 0 aliphatic carbocycles. The van der Waals surface area contributed by atoms with Crippen molar-refractivity contribution in [1.29, 1.82) is 0 Å². The van der Waals surface area contributed by atoms with Crippen molar-refractivity contribution in [2.24, 2.45) is 0 Å². The Balaban J connectivity index is 2.17. The molecular weight excluding hydrogens is 393 g/mol. The van der Waals surface area contributed by atoms with E-state index < -0.39 is 15.9 Å². The lowest BCUT2D eigenvalue weighted by atomic mass is 10.2. The van der Waals surface area contributed by atoms with E-state index in [0.29, 0.717) is 31.3 Å². The molecule has 1 aliphatic heterocycles. The third-order valence-corrected chi connectivity index (χ3v) is 4.33. The molecule has 1 aromatic rings. The van der Waals surface area contributed by atoms with Crippen molar-refractivity contribution in [3.05, 3.63) is 33.8 Å². The molecule has 0 saturated carbocycles. The van der Waals surface area contributed by atoms with Crippen molar-refractivity contribution < 1.29 is 9.53 Å². The van der Waals surface area contributed by atoms with E-state index in [-0.39, 0.29) is 10.6 Å². The maximum Gasteiger partial charge on any atom is 0.254 e. The second kappa shape index (κ2) is 7.75. The van der Waals surface area contributed by atoms with Gasteiger partial charge in [0.15, 0.2) is 0 Å². The van der Waals surface area contributed by atoms with Gasteiger partial charge < -0.3 is 10.1 Å². The Morgan fingerprint density at radius 2 is 1.86 bits per heavy atom. The van der Waals surface area contributed by atoms with E-state index in [9.17, 15) is 4.79 Å². The summed E-state index contributed by atoms with van der Waals surface area (Å²) in [5.41, 5.74) is 0.263. The molecule has 2 rings (SSSR count).